The molecule has 1 atom stereocenters. The lowest BCUT2D eigenvalue weighted by molar-refractivity contribution is -0.139. The average Bonchev–Trinajstić information content (AvgIpc) is 2.95. The monoisotopic (exact) mass is 573 g/mol. The summed E-state index contributed by atoms with van der Waals surface area (Å²) in [4.78, 5) is 27.9. The maximum absolute atomic E-state index is 13.8. The quantitative estimate of drug-likeness (QED) is 0.304. The number of rotatable bonds is 13. The molecule has 3 aromatic carbocycles. The van der Waals surface area contributed by atoms with E-state index in [2.05, 4.69) is 5.32 Å². The number of sulfonamides is 1. The van der Waals surface area contributed by atoms with Crippen LogP contribution in [0.5, 0.6) is 5.75 Å². The lowest BCUT2D eigenvalue weighted by atomic mass is 10.1. The molecule has 0 aliphatic carbocycles. The zero-order valence-electron chi connectivity index (χ0n) is 22.6. The molecule has 0 aliphatic heterocycles. The molecule has 0 fully saturated rings. The minimum atomic E-state index is -4.30. The summed E-state index contributed by atoms with van der Waals surface area (Å²) in [5.74, 6) is -1.68. The van der Waals surface area contributed by atoms with E-state index in [1.165, 1.54) is 72.7 Å². The van der Waals surface area contributed by atoms with Crippen LogP contribution in [0.4, 0.5) is 14.5 Å². The van der Waals surface area contributed by atoms with E-state index in [9.17, 15) is 26.8 Å². The van der Waals surface area contributed by atoms with Crippen LogP contribution in [0.15, 0.2) is 77.7 Å². The predicted molar refractivity (Wildman–Crippen MR) is 148 cm³/mol. The second kappa shape index (κ2) is 13.9. The standard InChI is InChI=1S/C29H33F2N3O5S/c1-4-5-18-32-29(36)21(2)33(19-22-6-8-23(30)9-7-22)28(35)20-34(25-12-10-24(31)11-13-25)40(37,38)27-16-14-26(39-3)15-17-27/h6-17,21H,4-5,18-20H2,1-3H3,(H,32,36)/t21-/m0/s1. The van der Waals surface area contributed by atoms with Gasteiger partial charge in [-0.15, -0.1) is 0 Å². The van der Waals surface area contributed by atoms with Gasteiger partial charge < -0.3 is 15.0 Å². The van der Waals surface area contributed by atoms with Gasteiger partial charge in [0.15, 0.2) is 0 Å². The van der Waals surface area contributed by atoms with Crippen molar-refractivity contribution in [3.63, 3.8) is 0 Å². The predicted octanol–water partition coefficient (Wildman–Crippen LogP) is 4.50. The highest BCUT2D eigenvalue weighted by molar-refractivity contribution is 7.92. The number of hydrogen-bond donors (Lipinski definition) is 1. The summed E-state index contributed by atoms with van der Waals surface area (Å²) < 4.78 is 60.7. The molecular weight excluding hydrogens is 540 g/mol. The van der Waals surface area contributed by atoms with Gasteiger partial charge in [-0.25, -0.2) is 17.2 Å². The van der Waals surface area contributed by atoms with E-state index in [4.69, 9.17) is 4.74 Å². The Bertz CT molecular complexity index is 1380. The zero-order chi connectivity index (χ0) is 29.3. The summed E-state index contributed by atoms with van der Waals surface area (Å²) in [7, 11) is -2.86. The number of nitrogens with one attached hydrogen (secondary N) is 1. The van der Waals surface area contributed by atoms with Crippen molar-refractivity contribution >= 4 is 27.5 Å². The molecule has 0 saturated carbocycles. The van der Waals surface area contributed by atoms with E-state index < -0.39 is 46.1 Å². The fourth-order valence-corrected chi connectivity index (χ4v) is 5.33. The second-order valence-electron chi connectivity index (χ2n) is 9.13. The highest BCUT2D eigenvalue weighted by atomic mass is 32.2. The number of nitrogens with zero attached hydrogens (tertiary/aromatic N) is 2. The van der Waals surface area contributed by atoms with E-state index in [1.54, 1.807) is 6.92 Å². The van der Waals surface area contributed by atoms with Gasteiger partial charge >= 0.3 is 0 Å². The first kappa shape index (κ1) is 30.6. The van der Waals surface area contributed by atoms with Gasteiger partial charge in [0.25, 0.3) is 10.0 Å². The molecule has 3 rings (SSSR count). The van der Waals surface area contributed by atoms with Crippen molar-refractivity contribution < 1.29 is 31.5 Å². The number of benzene rings is 3. The number of hydrogen-bond acceptors (Lipinski definition) is 5. The molecule has 3 aromatic rings. The summed E-state index contributed by atoms with van der Waals surface area (Å²) in [6.45, 7) is 3.21. The molecule has 0 unspecified atom stereocenters. The molecule has 0 aromatic heterocycles. The van der Waals surface area contributed by atoms with Crippen LogP contribution in [-0.2, 0) is 26.2 Å². The molecule has 0 spiro atoms. The number of carbonyl (C=O) groups excluding carboxylic acids is 2. The molecule has 40 heavy (non-hydrogen) atoms. The second-order valence-corrected chi connectivity index (χ2v) is 11.0. The Morgan fingerprint density at radius 1 is 0.925 bits per heavy atom. The third kappa shape index (κ3) is 7.78. The van der Waals surface area contributed by atoms with Crippen LogP contribution in [0, 0.1) is 11.6 Å². The van der Waals surface area contributed by atoms with Crippen molar-refractivity contribution in [3.05, 3.63) is 90.0 Å². The van der Waals surface area contributed by atoms with Crippen LogP contribution in [0.25, 0.3) is 0 Å². The zero-order valence-corrected chi connectivity index (χ0v) is 23.5. The topological polar surface area (TPSA) is 96.0 Å². The van der Waals surface area contributed by atoms with E-state index in [0.717, 1.165) is 29.3 Å². The molecule has 0 heterocycles. The van der Waals surface area contributed by atoms with Crippen LogP contribution in [0.2, 0.25) is 0 Å². The Kier molecular flexibility index (Phi) is 10.6. The molecule has 0 bridgehead atoms. The highest BCUT2D eigenvalue weighted by Gasteiger charge is 2.32. The number of halogens is 2. The van der Waals surface area contributed by atoms with Gasteiger partial charge in [-0.3, -0.25) is 13.9 Å². The molecule has 0 radical (unpaired) electrons. The summed E-state index contributed by atoms with van der Waals surface area (Å²) in [5.41, 5.74) is 0.613. The Balaban J connectivity index is 1.99. The van der Waals surface area contributed by atoms with Gasteiger partial charge in [-0.05, 0) is 79.6 Å². The maximum Gasteiger partial charge on any atom is 0.264 e. The first-order valence-corrected chi connectivity index (χ1v) is 14.2. The normalized spacial score (nSPS) is 11.9. The van der Waals surface area contributed by atoms with E-state index in [-0.39, 0.29) is 17.1 Å². The molecule has 0 saturated heterocycles. The molecule has 0 aliphatic rings. The smallest absolute Gasteiger partial charge is 0.264 e. The van der Waals surface area contributed by atoms with Gasteiger partial charge in [0, 0.05) is 13.1 Å². The Morgan fingerprint density at radius 2 is 1.50 bits per heavy atom. The number of carbonyl (C=O) groups is 2. The minimum Gasteiger partial charge on any atom is -0.497 e. The third-order valence-corrected chi connectivity index (χ3v) is 8.09. The summed E-state index contributed by atoms with van der Waals surface area (Å²) in [6, 6.07) is 14.8. The highest BCUT2D eigenvalue weighted by Crippen LogP contribution is 2.26. The third-order valence-electron chi connectivity index (χ3n) is 6.30. The van der Waals surface area contributed by atoms with Gasteiger partial charge in [0.1, 0.15) is 30.0 Å². The number of amides is 2. The number of ether oxygens (including phenoxy) is 1. The number of unbranched alkanes of at least 4 members (excludes halogenated alkanes) is 1. The molecule has 11 heteroatoms. The first-order valence-electron chi connectivity index (χ1n) is 12.8. The Hall–Kier alpha value is -3.99. The Labute approximate surface area is 233 Å². The minimum absolute atomic E-state index is 0.0624. The van der Waals surface area contributed by atoms with Crippen molar-refractivity contribution in [1.82, 2.24) is 10.2 Å². The first-order chi connectivity index (χ1) is 19.1. The number of anilines is 1. The van der Waals surface area contributed by atoms with Crippen molar-refractivity contribution in [2.24, 2.45) is 0 Å². The maximum atomic E-state index is 13.8. The van der Waals surface area contributed by atoms with Crippen molar-refractivity contribution in [3.8, 4) is 5.75 Å². The fraction of sp³-hybridized carbons (Fsp3) is 0.310. The molecule has 2 amide bonds. The summed E-state index contributed by atoms with van der Waals surface area (Å²) in [5, 5.41) is 2.79. The molecule has 214 valence electrons. The lowest BCUT2D eigenvalue weighted by Gasteiger charge is -2.32. The van der Waals surface area contributed by atoms with E-state index in [0.29, 0.717) is 17.9 Å². The average molecular weight is 574 g/mol. The lowest BCUT2D eigenvalue weighted by Crippen LogP contribution is -2.51. The van der Waals surface area contributed by atoms with Crippen LogP contribution in [-0.4, -0.2) is 51.4 Å². The largest absolute Gasteiger partial charge is 0.497 e. The van der Waals surface area contributed by atoms with Crippen molar-refractivity contribution in [2.75, 3.05) is 24.5 Å². The van der Waals surface area contributed by atoms with Gasteiger partial charge in [-0.1, -0.05) is 25.5 Å². The molecule has 1 N–H and O–H groups in total. The molecular formula is C29H33F2N3O5S. The SMILES string of the molecule is CCCCNC(=O)[C@H](C)N(Cc1ccc(F)cc1)C(=O)CN(c1ccc(F)cc1)S(=O)(=O)c1ccc(OC)cc1. The van der Waals surface area contributed by atoms with E-state index in [1.807, 2.05) is 6.92 Å². The fourth-order valence-electron chi connectivity index (χ4n) is 3.92. The number of methoxy groups -OCH3 is 1. The molecule has 8 nitrogen and oxygen atoms in total. The van der Waals surface area contributed by atoms with Crippen molar-refractivity contribution in [1.29, 1.82) is 0 Å². The van der Waals surface area contributed by atoms with Gasteiger partial charge in [0.05, 0.1) is 17.7 Å². The van der Waals surface area contributed by atoms with Crippen LogP contribution >= 0.6 is 0 Å². The van der Waals surface area contributed by atoms with Gasteiger partial charge in [0.2, 0.25) is 11.8 Å². The summed E-state index contributed by atoms with van der Waals surface area (Å²) >= 11 is 0. The Morgan fingerprint density at radius 3 is 2.05 bits per heavy atom. The van der Waals surface area contributed by atoms with Crippen LogP contribution in [0.3, 0.4) is 0 Å². The summed E-state index contributed by atoms with van der Waals surface area (Å²) in [6.07, 6.45) is 1.62. The van der Waals surface area contributed by atoms with Crippen LogP contribution in [0.1, 0.15) is 32.3 Å². The van der Waals surface area contributed by atoms with Gasteiger partial charge in [-0.2, -0.15) is 0 Å². The van der Waals surface area contributed by atoms with Crippen LogP contribution < -0.4 is 14.4 Å². The van der Waals surface area contributed by atoms with E-state index >= 15 is 0 Å². The van der Waals surface area contributed by atoms with Crippen molar-refractivity contribution in [2.45, 2.75) is 44.2 Å².